The molecule has 41 heavy (non-hydrogen) atoms. The van der Waals surface area contributed by atoms with Crippen molar-refractivity contribution in [3.63, 3.8) is 0 Å². The SMILES string of the molecule is COc1ccc(Cl)cc1N(CC(=O)N/N=C\c1cc2ccc(C)cc2nc1Cl)S(=O)(=O)c1ccc(C)c([N+](=O)[O-])c1. The molecule has 1 aromatic heterocycles. The van der Waals surface area contributed by atoms with Gasteiger partial charge in [-0.25, -0.2) is 18.8 Å². The molecule has 0 saturated carbocycles. The van der Waals surface area contributed by atoms with Gasteiger partial charge >= 0.3 is 0 Å². The maximum Gasteiger partial charge on any atom is 0.273 e. The highest BCUT2D eigenvalue weighted by molar-refractivity contribution is 7.92. The molecule has 0 spiro atoms. The van der Waals surface area contributed by atoms with Crippen LogP contribution >= 0.6 is 23.2 Å². The van der Waals surface area contributed by atoms with Crippen molar-refractivity contribution in [2.45, 2.75) is 18.7 Å². The monoisotopic (exact) mass is 615 g/mol. The second-order valence-electron chi connectivity index (χ2n) is 8.89. The van der Waals surface area contributed by atoms with Crippen LogP contribution in [0.3, 0.4) is 0 Å². The minimum atomic E-state index is -4.54. The van der Waals surface area contributed by atoms with Gasteiger partial charge in [-0.2, -0.15) is 5.10 Å². The van der Waals surface area contributed by atoms with Gasteiger partial charge in [-0.3, -0.25) is 19.2 Å². The molecule has 0 atom stereocenters. The van der Waals surface area contributed by atoms with Crippen LogP contribution in [0, 0.1) is 24.0 Å². The van der Waals surface area contributed by atoms with E-state index in [1.807, 2.05) is 25.1 Å². The number of nitro groups is 1. The highest BCUT2D eigenvalue weighted by Gasteiger charge is 2.31. The molecule has 1 heterocycles. The first-order chi connectivity index (χ1) is 19.4. The number of methoxy groups -OCH3 is 1. The fraction of sp³-hybridized carbons (Fsp3) is 0.148. The maximum atomic E-state index is 13.8. The van der Waals surface area contributed by atoms with Crippen LogP contribution in [0.4, 0.5) is 11.4 Å². The van der Waals surface area contributed by atoms with E-state index in [4.69, 9.17) is 27.9 Å². The fourth-order valence-electron chi connectivity index (χ4n) is 3.93. The van der Waals surface area contributed by atoms with E-state index in [0.717, 1.165) is 21.3 Å². The Bertz CT molecular complexity index is 1810. The van der Waals surface area contributed by atoms with Gasteiger partial charge in [-0.15, -0.1) is 0 Å². The molecule has 1 amide bonds. The summed E-state index contributed by atoms with van der Waals surface area (Å²) in [4.78, 5) is 27.7. The average molecular weight is 616 g/mol. The van der Waals surface area contributed by atoms with E-state index in [-0.39, 0.29) is 27.2 Å². The molecule has 0 fully saturated rings. The Morgan fingerprint density at radius 1 is 1.12 bits per heavy atom. The van der Waals surface area contributed by atoms with Crippen molar-refractivity contribution >= 4 is 67.6 Å². The number of amides is 1. The Morgan fingerprint density at radius 2 is 1.88 bits per heavy atom. The first kappa shape index (κ1) is 29.7. The third kappa shape index (κ3) is 6.56. The number of aromatic nitrogens is 1. The summed E-state index contributed by atoms with van der Waals surface area (Å²) in [6, 6.07) is 15.1. The van der Waals surface area contributed by atoms with E-state index in [1.54, 1.807) is 6.07 Å². The summed E-state index contributed by atoms with van der Waals surface area (Å²) < 4.78 is 33.6. The summed E-state index contributed by atoms with van der Waals surface area (Å²) in [5, 5.41) is 16.5. The van der Waals surface area contributed by atoms with Crippen molar-refractivity contribution in [1.29, 1.82) is 0 Å². The number of halogens is 2. The molecule has 14 heteroatoms. The molecule has 1 N–H and O–H groups in total. The summed E-state index contributed by atoms with van der Waals surface area (Å²) >= 11 is 12.4. The standard InChI is InChI=1S/C27H23Cl2N5O6S/c1-16-4-6-18-11-19(27(29)31-22(18)10-16)14-30-32-26(35)15-33(24-12-20(28)7-9-25(24)40-3)41(38,39)21-8-5-17(2)23(13-21)34(36)37/h4-14H,15H2,1-3H3,(H,32,35)/b30-14-. The van der Waals surface area contributed by atoms with Crippen molar-refractivity contribution in [3.05, 3.63) is 97.6 Å². The second kappa shape index (κ2) is 12.1. The number of rotatable bonds is 9. The molecule has 11 nitrogen and oxygen atoms in total. The summed E-state index contributed by atoms with van der Waals surface area (Å²) in [7, 11) is -3.22. The predicted octanol–water partition coefficient (Wildman–Crippen LogP) is 5.42. The number of nitrogens with zero attached hydrogens (tertiary/aromatic N) is 4. The van der Waals surface area contributed by atoms with Crippen LogP contribution in [0.5, 0.6) is 5.75 Å². The number of nitrogens with one attached hydrogen (secondary N) is 1. The molecular weight excluding hydrogens is 593 g/mol. The van der Waals surface area contributed by atoms with Crippen molar-refractivity contribution < 1.29 is 22.9 Å². The third-order valence-corrected chi connectivity index (χ3v) is 8.30. The van der Waals surface area contributed by atoms with E-state index in [1.165, 1.54) is 50.6 Å². The van der Waals surface area contributed by atoms with E-state index < -0.39 is 38.0 Å². The lowest BCUT2D eigenvalue weighted by Crippen LogP contribution is -2.39. The van der Waals surface area contributed by atoms with Crippen LogP contribution in [0.25, 0.3) is 10.9 Å². The van der Waals surface area contributed by atoms with Crippen molar-refractivity contribution in [2.75, 3.05) is 18.0 Å². The number of pyridine rings is 1. The summed E-state index contributed by atoms with van der Waals surface area (Å²) in [5.41, 5.74) is 4.25. The van der Waals surface area contributed by atoms with Gasteiger partial charge < -0.3 is 4.74 Å². The lowest BCUT2D eigenvalue weighted by atomic mass is 10.1. The van der Waals surface area contributed by atoms with Crippen LogP contribution in [0.1, 0.15) is 16.7 Å². The van der Waals surface area contributed by atoms with Crippen molar-refractivity contribution in [2.24, 2.45) is 5.10 Å². The summed E-state index contributed by atoms with van der Waals surface area (Å²) in [5.74, 6) is -0.728. The quantitative estimate of drug-likeness (QED) is 0.114. The molecule has 4 rings (SSSR count). The first-order valence-electron chi connectivity index (χ1n) is 11.9. The number of nitro benzene ring substituents is 1. The van der Waals surface area contributed by atoms with Gasteiger partial charge in [0, 0.05) is 27.6 Å². The Balaban J connectivity index is 1.67. The molecule has 212 valence electrons. The summed E-state index contributed by atoms with van der Waals surface area (Å²) in [6.45, 7) is 2.65. The van der Waals surface area contributed by atoms with Crippen LogP contribution in [-0.4, -0.2) is 44.1 Å². The number of aryl methyl sites for hydroxylation is 2. The molecule has 0 aliphatic heterocycles. The zero-order chi connectivity index (χ0) is 29.9. The number of fused-ring (bicyclic) bond motifs is 1. The Kier molecular flexibility index (Phi) is 8.76. The molecule has 0 saturated heterocycles. The lowest BCUT2D eigenvalue weighted by Gasteiger charge is -2.25. The minimum Gasteiger partial charge on any atom is -0.495 e. The molecule has 0 unspecified atom stereocenters. The second-order valence-corrected chi connectivity index (χ2v) is 11.5. The van der Waals surface area contributed by atoms with Crippen molar-refractivity contribution in [1.82, 2.24) is 10.4 Å². The normalized spacial score (nSPS) is 11.5. The van der Waals surface area contributed by atoms with Crippen LogP contribution in [0.15, 0.2) is 70.7 Å². The Morgan fingerprint density at radius 3 is 2.59 bits per heavy atom. The zero-order valence-corrected chi connectivity index (χ0v) is 24.3. The highest BCUT2D eigenvalue weighted by atomic mass is 35.5. The van der Waals surface area contributed by atoms with Crippen LogP contribution in [-0.2, 0) is 14.8 Å². The summed E-state index contributed by atoms with van der Waals surface area (Å²) in [6.07, 6.45) is 1.29. The molecule has 0 aliphatic carbocycles. The largest absolute Gasteiger partial charge is 0.495 e. The fourth-order valence-corrected chi connectivity index (χ4v) is 5.74. The molecule has 4 aromatic rings. The van der Waals surface area contributed by atoms with Gasteiger partial charge in [-0.1, -0.05) is 41.4 Å². The zero-order valence-electron chi connectivity index (χ0n) is 22.0. The molecule has 3 aromatic carbocycles. The molecular formula is C27H23Cl2N5O6S. The molecule has 0 bridgehead atoms. The van der Waals surface area contributed by atoms with Gasteiger partial charge in [-0.05, 0) is 55.8 Å². The number of benzene rings is 3. The van der Waals surface area contributed by atoms with Gasteiger partial charge in [0.25, 0.3) is 21.6 Å². The van der Waals surface area contributed by atoms with Gasteiger partial charge in [0.1, 0.15) is 17.4 Å². The predicted molar refractivity (Wildman–Crippen MR) is 158 cm³/mol. The lowest BCUT2D eigenvalue weighted by molar-refractivity contribution is -0.385. The number of anilines is 1. The topological polar surface area (TPSA) is 144 Å². The number of hydrazone groups is 1. The number of ether oxygens (including phenoxy) is 1. The smallest absolute Gasteiger partial charge is 0.273 e. The van der Waals surface area contributed by atoms with E-state index in [9.17, 15) is 23.3 Å². The average Bonchev–Trinajstić information content (AvgIpc) is 2.92. The first-order valence-corrected chi connectivity index (χ1v) is 14.1. The highest BCUT2D eigenvalue weighted by Crippen LogP contribution is 2.35. The molecule has 0 radical (unpaired) electrons. The van der Waals surface area contributed by atoms with E-state index in [0.29, 0.717) is 11.1 Å². The van der Waals surface area contributed by atoms with Gasteiger partial charge in [0.2, 0.25) is 0 Å². The number of hydrogen-bond acceptors (Lipinski definition) is 8. The Hall–Kier alpha value is -4.26. The Labute approximate surface area is 245 Å². The van der Waals surface area contributed by atoms with Gasteiger partial charge in [0.05, 0.1) is 34.3 Å². The number of carbonyl (C=O) groups excluding carboxylic acids is 1. The number of carbonyl (C=O) groups is 1. The van der Waals surface area contributed by atoms with Crippen LogP contribution < -0.4 is 14.5 Å². The number of hydrogen-bond donors (Lipinski definition) is 1. The van der Waals surface area contributed by atoms with Gasteiger partial charge in [0.15, 0.2) is 0 Å². The number of sulfonamides is 1. The third-order valence-electron chi connectivity index (χ3n) is 6.01. The van der Waals surface area contributed by atoms with Crippen molar-refractivity contribution in [3.8, 4) is 5.75 Å². The molecule has 0 aliphatic rings. The van der Waals surface area contributed by atoms with E-state index in [2.05, 4.69) is 15.5 Å². The maximum absolute atomic E-state index is 13.8. The minimum absolute atomic E-state index is 0.0561. The van der Waals surface area contributed by atoms with Crippen LogP contribution in [0.2, 0.25) is 10.2 Å². The van der Waals surface area contributed by atoms with E-state index >= 15 is 0 Å².